The number of rotatable bonds is 3. The maximum Gasteiger partial charge on any atom is 0.160 e. The molecule has 0 saturated heterocycles. The molecule has 2 aromatic rings. The zero-order chi connectivity index (χ0) is 12.4. The highest BCUT2D eigenvalue weighted by molar-refractivity contribution is 9.11. The first kappa shape index (κ1) is 12.8. The molecule has 1 aromatic heterocycles. The number of nitrogens with zero attached hydrogens (tertiary/aromatic N) is 1. The van der Waals surface area contributed by atoms with E-state index in [4.69, 9.17) is 16.3 Å². The fraction of sp³-hybridized carbons (Fsp3) is 0.182. The summed E-state index contributed by atoms with van der Waals surface area (Å²) in [5.74, 6) is 0.682. The van der Waals surface area contributed by atoms with Crippen molar-refractivity contribution in [3.63, 3.8) is 0 Å². The van der Waals surface area contributed by atoms with Gasteiger partial charge in [0.1, 0.15) is 5.75 Å². The molecule has 17 heavy (non-hydrogen) atoms. The lowest BCUT2D eigenvalue weighted by molar-refractivity contribution is 0.286. The molecule has 1 aromatic carbocycles. The number of benzene rings is 1. The molecule has 0 aliphatic carbocycles. The van der Waals surface area contributed by atoms with Gasteiger partial charge in [0.2, 0.25) is 0 Å². The Morgan fingerprint density at radius 1 is 1.53 bits per heavy atom. The maximum atomic E-state index is 9.30. The number of thiazole rings is 1. The largest absolute Gasteiger partial charge is 0.496 e. The summed E-state index contributed by atoms with van der Waals surface area (Å²) < 4.78 is 5.99. The van der Waals surface area contributed by atoms with Crippen LogP contribution in [0.5, 0.6) is 5.75 Å². The van der Waals surface area contributed by atoms with E-state index in [-0.39, 0.29) is 6.61 Å². The minimum atomic E-state index is -0.0612. The van der Waals surface area contributed by atoms with Crippen molar-refractivity contribution < 1.29 is 9.84 Å². The highest BCUT2D eigenvalue weighted by Gasteiger charge is 2.15. The van der Waals surface area contributed by atoms with E-state index in [0.29, 0.717) is 16.5 Å². The van der Waals surface area contributed by atoms with Crippen LogP contribution in [0.3, 0.4) is 0 Å². The number of hydrogen-bond donors (Lipinski definition) is 1. The fourth-order valence-corrected chi connectivity index (χ4v) is 3.10. The number of hydrogen-bond acceptors (Lipinski definition) is 4. The van der Waals surface area contributed by atoms with Gasteiger partial charge in [-0.05, 0) is 34.1 Å². The van der Waals surface area contributed by atoms with E-state index in [0.717, 1.165) is 14.4 Å². The van der Waals surface area contributed by atoms with Crippen LogP contribution in [0.4, 0.5) is 0 Å². The molecule has 0 radical (unpaired) electrons. The Balaban J connectivity index is 2.61. The standard InChI is InChI=1S/C11H9BrClNO2S/c1-16-8-3-2-6(13)4-7(8)10-9(5-15)17-11(12)14-10/h2-4,15H,5H2,1H3. The van der Waals surface area contributed by atoms with Gasteiger partial charge in [0.05, 0.1) is 24.3 Å². The van der Waals surface area contributed by atoms with E-state index in [2.05, 4.69) is 20.9 Å². The van der Waals surface area contributed by atoms with Crippen LogP contribution in [0.2, 0.25) is 5.02 Å². The fourth-order valence-electron chi connectivity index (χ4n) is 1.51. The van der Waals surface area contributed by atoms with Crippen molar-refractivity contribution >= 4 is 38.9 Å². The molecule has 0 aliphatic heterocycles. The van der Waals surface area contributed by atoms with Crippen molar-refractivity contribution in [3.05, 3.63) is 32.0 Å². The van der Waals surface area contributed by atoms with Crippen LogP contribution in [0.15, 0.2) is 22.1 Å². The second-order valence-corrected chi connectivity index (χ2v) is 6.04. The lowest BCUT2D eigenvalue weighted by Gasteiger charge is -2.07. The van der Waals surface area contributed by atoms with Gasteiger partial charge >= 0.3 is 0 Å². The Kier molecular flexibility index (Phi) is 4.04. The monoisotopic (exact) mass is 333 g/mol. The van der Waals surface area contributed by atoms with Crippen LogP contribution in [0.25, 0.3) is 11.3 Å². The van der Waals surface area contributed by atoms with Gasteiger partial charge in [-0.25, -0.2) is 4.98 Å². The Labute approximate surface area is 116 Å². The van der Waals surface area contributed by atoms with Gasteiger partial charge in [-0.3, -0.25) is 0 Å². The summed E-state index contributed by atoms with van der Waals surface area (Å²) in [5, 5.41) is 9.91. The van der Waals surface area contributed by atoms with E-state index in [1.54, 1.807) is 25.3 Å². The number of aromatic nitrogens is 1. The Morgan fingerprint density at radius 3 is 2.94 bits per heavy atom. The Hall–Kier alpha value is -0.620. The van der Waals surface area contributed by atoms with Crippen LogP contribution in [-0.4, -0.2) is 17.2 Å². The number of aliphatic hydroxyl groups is 1. The van der Waals surface area contributed by atoms with E-state index in [1.165, 1.54) is 11.3 Å². The first-order valence-electron chi connectivity index (χ1n) is 4.75. The summed E-state index contributed by atoms with van der Waals surface area (Å²) in [6.07, 6.45) is 0. The van der Waals surface area contributed by atoms with Gasteiger partial charge in [-0.2, -0.15) is 0 Å². The first-order chi connectivity index (χ1) is 8.15. The molecule has 6 heteroatoms. The predicted molar refractivity (Wildman–Crippen MR) is 72.7 cm³/mol. The molecule has 3 nitrogen and oxygen atoms in total. The predicted octanol–water partition coefficient (Wildman–Crippen LogP) is 3.73. The topological polar surface area (TPSA) is 42.4 Å². The van der Waals surface area contributed by atoms with E-state index in [9.17, 15) is 5.11 Å². The molecule has 0 unspecified atom stereocenters. The third-order valence-corrected chi connectivity index (χ3v) is 3.96. The highest BCUT2D eigenvalue weighted by Crippen LogP contribution is 2.37. The summed E-state index contributed by atoms with van der Waals surface area (Å²) in [6.45, 7) is -0.0612. The lowest BCUT2D eigenvalue weighted by Crippen LogP contribution is -1.91. The zero-order valence-electron chi connectivity index (χ0n) is 8.91. The molecule has 0 aliphatic rings. The number of aliphatic hydroxyl groups excluding tert-OH is 1. The molecular formula is C11H9BrClNO2S. The van der Waals surface area contributed by atoms with Crippen LogP contribution in [0, 0.1) is 0 Å². The minimum Gasteiger partial charge on any atom is -0.496 e. The lowest BCUT2D eigenvalue weighted by atomic mass is 10.1. The van der Waals surface area contributed by atoms with Crippen LogP contribution >= 0.6 is 38.9 Å². The van der Waals surface area contributed by atoms with E-state index >= 15 is 0 Å². The van der Waals surface area contributed by atoms with Gasteiger partial charge in [-0.1, -0.05) is 11.6 Å². The van der Waals surface area contributed by atoms with Crippen LogP contribution in [0.1, 0.15) is 4.88 Å². The normalized spacial score (nSPS) is 10.6. The molecule has 90 valence electrons. The van der Waals surface area contributed by atoms with Crippen molar-refractivity contribution in [3.8, 4) is 17.0 Å². The summed E-state index contributed by atoms with van der Waals surface area (Å²) in [6, 6.07) is 5.32. The van der Waals surface area contributed by atoms with E-state index in [1.807, 2.05) is 0 Å². The Bertz CT molecular complexity index is 544. The molecular weight excluding hydrogens is 326 g/mol. The van der Waals surface area contributed by atoms with Gasteiger partial charge < -0.3 is 9.84 Å². The number of halogens is 2. The van der Waals surface area contributed by atoms with Crippen LogP contribution < -0.4 is 4.74 Å². The maximum absolute atomic E-state index is 9.30. The molecule has 0 amide bonds. The summed E-state index contributed by atoms with van der Waals surface area (Å²) in [7, 11) is 1.59. The van der Waals surface area contributed by atoms with Gasteiger partial charge in [0, 0.05) is 10.6 Å². The van der Waals surface area contributed by atoms with Crippen molar-refractivity contribution in [2.75, 3.05) is 7.11 Å². The average molecular weight is 335 g/mol. The third-order valence-electron chi connectivity index (χ3n) is 2.23. The molecule has 0 bridgehead atoms. The number of ether oxygens (including phenoxy) is 1. The van der Waals surface area contributed by atoms with Crippen molar-refractivity contribution in [2.45, 2.75) is 6.61 Å². The van der Waals surface area contributed by atoms with Gasteiger partial charge in [0.15, 0.2) is 3.92 Å². The second-order valence-electron chi connectivity index (χ2n) is 3.24. The second kappa shape index (κ2) is 5.35. The highest BCUT2D eigenvalue weighted by atomic mass is 79.9. The molecule has 1 heterocycles. The summed E-state index contributed by atoms with van der Waals surface area (Å²) in [4.78, 5) is 5.11. The quantitative estimate of drug-likeness (QED) is 0.930. The average Bonchev–Trinajstić information content (AvgIpc) is 2.70. The third kappa shape index (κ3) is 2.63. The number of methoxy groups -OCH3 is 1. The summed E-state index contributed by atoms with van der Waals surface area (Å²) >= 11 is 10.7. The van der Waals surface area contributed by atoms with Gasteiger partial charge in [-0.15, -0.1) is 11.3 Å². The molecule has 2 rings (SSSR count). The van der Waals surface area contributed by atoms with Crippen molar-refractivity contribution in [1.29, 1.82) is 0 Å². The summed E-state index contributed by atoms with van der Waals surface area (Å²) in [5.41, 5.74) is 1.48. The van der Waals surface area contributed by atoms with E-state index < -0.39 is 0 Å². The first-order valence-corrected chi connectivity index (χ1v) is 6.74. The molecule has 1 N–H and O–H groups in total. The van der Waals surface area contributed by atoms with Gasteiger partial charge in [0.25, 0.3) is 0 Å². The molecule has 0 atom stereocenters. The van der Waals surface area contributed by atoms with Crippen molar-refractivity contribution in [1.82, 2.24) is 4.98 Å². The Morgan fingerprint density at radius 2 is 2.29 bits per heavy atom. The molecule has 0 fully saturated rings. The van der Waals surface area contributed by atoms with Crippen LogP contribution in [-0.2, 0) is 6.61 Å². The van der Waals surface area contributed by atoms with Crippen molar-refractivity contribution in [2.24, 2.45) is 0 Å². The zero-order valence-corrected chi connectivity index (χ0v) is 12.1. The molecule has 0 saturated carbocycles. The SMILES string of the molecule is COc1ccc(Cl)cc1-c1nc(Br)sc1CO. The molecule has 0 spiro atoms. The smallest absolute Gasteiger partial charge is 0.160 e. The minimum absolute atomic E-state index is 0.0612.